The number of nitrogens with one attached hydrogen (secondary N) is 1. The summed E-state index contributed by atoms with van der Waals surface area (Å²) in [5.74, 6) is 0.387. The summed E-state index contributed by atoms with van der Waals surface area (Å²) in [5, 5.41) is 10.1. The van der Waals surface area contributed by atoms with E-state index in [-0.39, 0.29) is 23.5 Å². The summed E-state index contributed by atoms with van der Waals surface area (Å²) >= 11 is 0. The summed E-state index contributed by atoms with van der Waals surface area (Å²) < 4.78 is 4.35. The van der Waals surface area contributed by atoms with E-state index >= 15 is 0 Å². The van der Waals surface area contributed by atoms with Gasteiger partial charge in [0, 0.05) is 13.6 Å². The highest BCUT2D eigenvalue weighted by molar-refractivity contribution is 5.95. The third kappa shape index (κ3) is 2.90. The van der Waals surface area contributed by atoms with Gasteiger partial charge >= 0.3 is 5.69 Å². The lowest BCUT2D eigenvalue weighted by molar-refractivity contribution is 0.618. The molecule has 1 N–H and O–H groups in total. The van der Waals surface area contributed by atoms with Crippen LogP contribution in [0.5, 0.6) is 0 Å². The third-order valence-corrected chi connectivity index (χ3v) is 5.40. The zero-order valence-electron chi connectivity index (χ0n) is 17.0. The molecule has 2 heterocycles. The van der Waals surface area contributed by atoms with Crippen LogP contribution >= 0.6 is 0 Å². The Kier molecular flexibility index (Phi) is 4.45. The van der Waals surface area contributed by atoms with Gasteiger partial charge in [-0.25, -0.2) is 9.78 Å². The van der Waals surface area contributed by atoms with Crippen LogP contribution in [0.15, 0.2) is 46.0 Å². The van der Waals surface area contributed by atoms with E-state index in [1.165, 1.54) is 14.7 Å². The minimum atomic E-state index is -0.387. The topological polar surface area (TPSA) is 85.7 Å². The van der Waals surface area contributed by atoms with Crippen molar-refractivity contribution in [2.24, 2.45) is 7.05 Å². The van der Waals surface area contributed by atoms with Crippen molar-refractivity contribution in [3.63, 3.8) is 0 Å². The fourth-order valence-electron chi connectivity index (χ4n) is 3.90. The molecule has 0 aliphatic heterocycles. The number of nitrogens with zero attached hydrogens (tertiary/aromatic N) is 4. The Morgan fingerprint density at radius 1 is 1.14 bits per heavy atom. The first-order valence-electron chi connectivity index (χ1n) is 9.57. The zero-order valence-corrected chi connectivity index (χ0v) is 17.0. The molecule has 29 heavy (non-hydrogen) atoms. The molecule has 0 amide bonds. The molecule has 2 aromatic carbocycles. The number of hydrogen-bond acceptors (Lipinski definition) is 4. The number of aromatic nitrogens is 4. The van der Waals surface area contributed by atoms with Gasteiger partial charge in [-0.05, 0) is 48.7 Å². The van der Waals surface area contributed by atoms with Gasteiger partial charge in [-0.3, -0.25) is 13.9 Å². The van der Waals surface area contributed by atoms with Gasteiger partial charge in [-0.15, -0.1) is 0 Å². The van der Waals surface area contributed by atoms with Gasteiger partial charge in [-0.1, -0.05) is 30.3 Å². The van der Waals surface area contributed by atoms with Crippen LogP contribution in [-0.4, -0.2) is 24.4 Å². The Bertz CT molecular complexity index is 1400. The third-order valence-electron chi connectivity index (χ3n) is 5.40. The largest absolute Gasteiger partial charge is 0.333 e. The van der Waals surface area contributed by atoms with E-state index in [4.69, 9.17) is 5.41 Å². The molecule has 4 rings (SSSR count). The highest BCUT2D eigenvalue weighted by atomic mass is 16.2. The lowest BCUT2D eigenvalue weighted by Gasteiger charge is -2.11. The standard InChI is InChI=1S/C22H23N5O2/c1-5-26-20-18(25(4)19(24-20)14(3)23)21(28)27(22(26)29)12-15-9-10-17-13(2)7-6-8-16(17)11-15/h6-11,23H,5,12H2,1-4H3. The zero-order chi connectivity index (χ0) is 20.9. The quantitative estimate of drug-likeness (QED) is 0.545. The smallest absolute Gasteiger partial charge is 0.320 e. The van der Waals surface area contributed by atoms with Crippen LogP contribution in [0.4, 0.5) is 0 Å². The first-order valence-corrected chi connectivity index (χ1v) is 9.57. The van der Waals surface area contributed by atoms with E-state index in [2.05, 4.69) is 18.0 Å². The first-order chi connectivity index (χ1) is 13.8. The lowest BCUT2D eigenvalue weighted by Crippen LogP contribution is -2.40. The van der Waals surface area contributed by atoms with Gasteiger partial charge < -0.3 is 9.98 Å². The van der Waals surface area contributed by atoms with Crippen molar-refractivity contribution in [1.82, 2.24) is 18.7 Å². The maximum atomic E-state index is 13.2. The molecule has 0 bridgehead atoms. The molecule has 0 aliphatic rings. The van der Waals surface area contributed by atoms with Crippen molar-refractivity contribution in [1.29, 1.82) is 5.41 Å². The number of aryl methyl sites for hydroxylation is 3. The predicted molar refractivity (Wildman–Crippen MR) is 115 cm³/mol. The summed E-state index contributed by atoms with van der Waals surface area (Å²) in [6.45, 7) is 6.10. The number of rotatable bonds is 4. The van der Waals surface area contributed by atoms with Gasteiger partial charge in [-0.2, -0.15) is 0 Å². The Labute approximate surface area is 167 Å². The molecule has 0 spiro atoms. The molecule has 0 aliphatic carbocycles. The number of hydrogen-bond donors (Lipinski definition) is 1. The molecule has 4 aromatic rings. The summed E-state index contributed by atoms with van der Waals surface area (Å²) in [6.07, 6.45) is 0. The van der Waals surface area contributed by atoms with E-state index in [0.717, 1.165) is 16.3 Å². The molecule has 148 valence electrons. The van der Waals surface area contributed by atoms with Crippen LogP contribution in [0.1, 0.15) is 30.8 Å². The van der Waals surface area contributed by atoms with Crippen molar-refractivity contribution >= 4 is 27.6 Å². The molecule has 0 unspecified atom stereocenters. The summed E-state index contributed by atoms with van der Waals surface area (Å²) in [7, 11) is 1.71. The molecule has 2 aromatic heterocycles. The van der Waals surface area contributed by atoms with Crippen LogP contribution in [0.25, 0.3) is 21.9 Å². The highest BCUT2D eigenvalue weighted by Crippen LogP contribution is 2.20. The molecule has 7 nitrogen and oxygen atoms in total. The van der Waals surface area contributed by atoms with Gasteiger partial charge in [0.2, 0.25) is 0 Å². The molecule has 0 fully saturated rings. The van der Waals surface area contributed by atoms with Crippen molar-refractivity contribution < 1.29 is 0 Å². The molecular formula is C22H23N5O2. The SMILES string of the molecule is CCn1c(=O)n(Cc2ccc3c(C)cccc3c2)c(=O)c2c1nc(C(C)=N)n2C. The van der Waals surface area contributed by atoms with Crippen molar-refractivity contribution in [3.05, 3.63) is 74.2 Å². The Balaban J connectivity index is 1.94. The maximum Gasteiger partial charge on any atom is 0.333 e. The van der Waals surface area contributed by atoms with Gasteiger partial charge in [0.25, 0.3) is 5.56 Å². The number of imidazole rings is 1. The molecule has 0 saturated carbocycles. The van der Waals surface area contributed by atoms with E-state index in [9.17, 15) is 9.59 Å². The molecule has 0 atom stereocenters. The van der Waals surface area contributed by atoms with Crippen molar-refractivity contribution in [2.75, 3.05) is 0 Å². The van der Waals surface area contributed by atoms with Crippen LogP contribution in [0.3, 0.4) is 0 Å². The molecule has 0 radical (unpaired) electrons. The van der Waals surface area contributed by atoms with Gasteiger partial charge in [0.15, 0.2) is 17.0 Å². The molecule has 0 saturated heterocycles. The first kappa shape index (κ1) is 18.9. The fourth-order valence-corrected chi connectivity index (χ4v) is 3.90. The average Bonchev–Trinajstić information content (AvgIpc) is 3.03. The summed E-state index contributed by atoms with van der Waals surface area (Å²) in [4.78, 5) is 30.7. The Hall–Kier alpha value is -3.48. The Morgan fingerprint density at radius 2 is 1.90 bits per heavy atom. The monoisotopic (exact) mass is 389 g/mol. The van der Waals surface area contributed by atoms with Crippen LogP contribution < -0.4 is 11.2 Å². The van der Waals surface area contributed by atoms with Crippen LogP contribution in [0, 0.1) is 12.3 Å². The van der Waals surface area contributed by atoms with Crippen molar-refractivity contribution in [3.8, 4) is 0 Å². The van der Waals surface area contributed by atoms with Crippen molar-refractivity contribution in [2.45, 2.75) is 33.9 Å². The van der Waals surface area contributed by atoms with E-state index in [1.54, 1.807) is 18.5 Å². The maximum absolute atomic E-state index is 13.2. The van der Waals surface area contributed by atoms with Gasteiger partial charge in [0.05, 0.1) is 12.3 Å². The van der Waals surface area contributed by atoms with Crippen LogP contribution in [0.2, 0.25) is 0 Å². The second kappa shape index (κ2) is 6.84. The molecular weight excluding hydrogens is 366 g/mol. The van der Waals surface area contributed by atoms with E-state index in [0.29, 0.717) is 23.5 Å². The minimum Gasteiger partial charge on any atom is -0.320 e. The normalized spacial score (nSPS) is 11.4. The minimum absolute atomic E-state index is 0.182. The Morgan fingerprint density at radius 3 is 2.59 bits per heavy atom. The average molecular weight is 389 g/mol. The summed E-state index contributed by atoms with van der Waals surface area (Å²) in [5.41, 5.74) is 2.21. The molecule has 7 heteroatoms. The highest BCUT2D eigenvalue weighted by Gasteiger charge is 2.20. The fraction of sp³-hybridized carbons (Fsp3) is 0.273. The van der Waals surface area contributed by atoms with E-state index in [1.807, 2.05) is 37.3 Å². The van der Waals surface area contributed by atoms with E-state index < -0.39 is 0 Å². The predicted octanol–water partition coefficient (Wildman–Crippen LogP) is 2.81. The van der Waals surface area contributed by atoms with Gasteiger partial charge in [0.1, 0.15) is 0 Å². The number of benzene rings is 2. The second-order valence-corrected chi connectivity index (χ2v) is 7.34. The lowest BCUT2D eigenvalue weighted by atomic mass is 10.0. The second-order valence-electron chi connectivity index (χ2n) is 7.34. The summed E-state index contributed by atoms with van der Waals surface area (Å²) in [6, 6.07) is 12.1. The number of fused-ring (bicyclic) bond motifs is 2. The van der Waals surface area contributed by atoms with Crippen LogP contribution in [-0.2, 0) is 20.1 Å².